The molecule has 2 aliphatic rings. The summed E-state index contributed by atoms with van der Waals surface area (Å²) < 4.78 is 0. The zero-order valence-electron chi connectivity index (χ0n) is 15.9. The second-order valence-corrected chi connectivity index (χ2v) is 7.63. The molecule has 0 aromatic heterocycles. The van der Waals surface area contributed by atoms with Crippen molar-refractivity contribution in [3.8, 4) is 0 Å². The quantitative estimate of drug-likeness (QED) is 0.664. The summed E-state index contributed by atoms with van der Waals surface area (Å²) >= 11 is 0. The molecule has 1 aliphatic heterocycles. The van der Waals surface area contributed by atoms with Gasteiger partial charge in [-0.15, -0.1) is 12.4 Å². The molecule has 27 heavy (non-hydrogen) atoms. The van der Waals surface area contributed by atoms with Gasteiger partial charge in [-0.25, -0.2) is 4.79 Å². The van der Waals surface area contributed by atoms with Crippen molar-refractivity contribution < 1.29 is 9.59 Å². The third-order valence-corrected chi connectivity index (χ3v) is 5.50. The van der Waals surface area contributed by atoms with E-state index in [0.717, 1.165) is 49.5 Å². The zero-order chi connectivity index (χ0) is 18.5. The van der Waals surface area contributed by atoms with Gasteiger partial charge in [0, 0.05) is 19.1 Å². The Morgan fingerprint density at radius 1 is 1.19 bits per heavy atom. The largest absolute Gasteiger partial charge is 0.352 e. The van der Waals surface area contributed by atoms with Gasteiger partial charge in [0.05, 0.1) is 12.5 Å². The van der Waals surface area contributed by atoms with Gasteiger partial charge in [-0.3, -0.25) is 4.79 Å². The van der Waals surface area contributed by atoms with E-state index in [1.54, 1.807) is 0 Å². The number of carbonyl (C=O) groups is 2. The average Bonchev–Trinajstić information content (AvgIpc) is 3.44. The van der Waals surface area contributed by atoms with Crippen LogP contribution >= 0.6 is 12.4 Å². The molecule has 1 unspecified atom stereocenters. The highest BCUT2D eigenvalue weighted by atomic mass is 35.5. The third kappa shape index (κ3) is 6.40. The van der Waals surface area contributed by atoms with Crippen LogP contribution < -0.4 is 16.4 Å². The number of aryl methyl sites for hydroxylation is 1. The number of hydrogen-bond donors (Lipinski definition) is 3. The second kappa shape index (κ2) is 9.95. The fraction of sp³-hybridized carbons (Fsp3) is 0.600. The van der Waals surface area contributed by atoms with Gasteiger partial charge in [0.25, 0.3) is 0 Å². The summed E-state index contributed by atoms with van der Waals surface area (Å²) in [5, 5.41) is 6.37. The predicted octanol–water partition coefficient (Wildman–Crippen LogP) is 2.51. The predicted molar refractivity (Wildman–Crippen MR) is 109 cm³/mol. The van der Waals surface area contributed by atoms with E-state index in [1.165, 1.54) is 12.8 Å². The van der Waals surface area contributed by atoms with Crippen LogP contribution in [-0.4, -0.2) is 42.5 Å². The van der Waals surface area contributed by atoms with E-state index in [4.69, 9.17) is 5.73 Å². The van der Waals surface area contributed by atoms with E-state index in [0.29, 0.717) is 6.04 Å². The maximum absolute atomic E-state index is 12.8. The Labute approximate surface area is 167 Å². The van der Waals surface area contributed by atoms with E-state index < -0.39 is 6.03 Å². The van der Waals surface area contributed by atoms with Gasteiger partial charge < -0.3 is 21.3 Å². The molecular formula is C20H31ClN4O2. The van der Waals surface area contributed by atoms with Gasteiger partial charge >= 0.3 is 6.03 Å². The molecule has 2 fully saturated rings. The third-order valence-electron chi connectivity index (χ3n) is 5.50. The van der Waals surface area contributed by atoms with Crippen molar-refractivity contribution in [3.63, 3.8) is 0 Å². The number of amides is 3. The lowest BCUT2D eigenvalue weighted by Gasteiger charge is -2.33. The van der Waals surface area contributed by atoms with Crippen LogP contribution in [0.1, 0.15) is 49.3 Å². The van der Waals surface area contributed by atoms with Gasteiger partial charge in [0.15, 0.2) is 0 Å². The highest BCUT2D eigenvalue weighted by Gasteiger charge is 2.27. The van der Waals surface area contributed by atoms with Gasteiger partial charge in [-0.2, -0.15) is 0 Å². The summed E-state index contributed by atoms with van der Waals surface area (Å²) in [5.74, 6) is 0.956. The van der Waals surface area contributed by atoms with E-state index in [9.17, 15) is 9.59 Å². The van der Waals surface area contributed by atoms with Crippen molar-refractivity contribution in [2.24, 2.45) is 11.7 Å². The lowest BCUT2D eigenvalue weighted by Crippen LogP contribution is -2.46. The summed E-state index contributed by atoms with van der Waals surface area (Å²) in [5.41, 5.74) is 7.32. The van der Waals surface area contributed by atoms with Crippen LogP contribution in [0.15, 0.2) is 24.3 Å². The Morgan fingerprint density at radius 3 is 2.44 bits per heavy atom. The molecule has 6 nitrogen and oxygen atoms in total. The summed E-state index contributed by atoms with van der Waals surface area (Å²) in [4.78, 5) is 26.1. The van der Waals surface area contributed by atoms with Crippen LogP contribution in [0.25, 0.3) is 0 Å². The van der Waals surface area contributed by atoms with Crippen LogP contribution in [-0.2, 0) is 4.79 Å². The number of nitrogens with one attached hydrogen (secondary N) is 2. The van der Waals surface area contributed by atoms with Crippen molar-refractivity contribution in [2.75, 3.05) is 19.6 Å². The van der Waals surface area contributed by atoms with Gasteiger partial charge in [-0.05, 0) is 56.2 Å². The lowest BCUT2D eigenvalue weighted by atomic mass is 9.97. The molecule has 1 heterocycles. The molecule has 1 aliphatic carbocycles. The normalized spacial score (nSPS) is 18.5. The minimum atomic E-state index is -0.603. The second-order valence-electron chi connectivity index (χ2n) is 7.63. The van der Waals surface area contributed by atoms with Crippen molar-refractivity contribution in [2.45, 2.75) is 51.1 Å². The van der Waals surface area contributed by atoms with Crippen LogP contribution in [0.5, 0.6) is 0 Å². The van der Waals surface area contributed by atoms with Crippen molar-refractivity contribution in [3.05, 3.63) is 35.4 Å². The number of nitrogens with zero attached hydrogens (tertiary/aromatic N) is 1. The Bertz CT molecular complexity index is 643. The van der Waals surface area contributed by atoms with E-state index >= 15 is 0 Å². The number of piperidine rings is 1. The summed E-state index contributed by atoms with van der Waals surface area (Å²) in [6, 6.07) is 7.32. The van der Waals surface area contributed by atoms with Crippen LogP contribution in [0, 0.1) is 12.8 Å². The van der Waals surface area contributed by atoms with Gasteiger partial charge in [-0.1, -0.05) is 24.3 Å². The SMILES string of the molecule is Cc1ccccc1C(CC(=O)N1CCC(NCC2CC2)CC1)NC(N)=O.Cl. The number of halogens is 1. The molecule has 3 amide bonds. The molecule has 4 N–H and O–H groups in total. The molecule has 1 saturated carbocycles. The number of likely N-dealkylation sites (tertiary alicyclic amines) is 1. The van der Waals surface area contributed by atoms with Gasteiger partial charge in [0.2, 0.25) is 5.91 Å². The van der Waals surface area contributed by atoms with Crippen molar-refractivity contribution in [1.82, 2.24) is 15.5 Å². The Morgan fingerprint density at radius 2 is 1.85 bits per heavy atom. The van der Waals surface area contributed by atoms with Gasteiger partial charge in [0.1, 0.15) is 0 Å². The number of benzene rings is 1. The first kappa shape index (κ1) is 21.5. The van der Waals surface area contributed by atoms with E-state index in [1.807, 2.05) is 36.1 Å². The minimum Gasteiger partial charge on any atom is -0.352 e. The first-order chi connectivity index (χ1) is 12.5. The highest BCUT2D eigenvalue weighted by Crippen LogP contribution is 2.28. The summed E-state index contributed by atoms with van der Waals surface area (Å²) in [7, 11) is 0. The molecule has 7 heteroatoms. The monoisotopic (exact) mass is 394 g/mol. The van der Waals surface area contributed by atoms with E-state index in [-0.39, 0.29) is 30.8 Å². The molecule has 1 aromatic carbocycles. The summed E-state index contributed by atoms with van der Waals surface area (Å²) in [6.07, 6.45) is 4.95. The molecule has 150 valence electrons. The maximum atomic E-state index is 12.8. The molecule has 3 rings (SSSR count). The summed E-state index contributed by atoms with van der Waals surface area (Å²) in [6.45, 7) is 4.65. The highest BCUT2D eigenvalue weighted by molar-refractivity contribution is 5.85. The standard InChI is InChI=1S/C20H30N4O2.ClH/c1-14-4-2-3-5-17(14)18(23-20(21)26)12-19(25)24-10-8-16(9-11-24)22-13-15-6-7-15;/h2-5,15-16,18,22H,6-13H2,1H3,(H3,21,23,26);1H. The van der Waals surface area contributed by atoms with E-state index in [2.05, 4.69) is 10.6 Å². The molecule has 1 aromatic rings. The first-order valence-corrected chi connectivity index (χ1v) is 9.65. The molecule has 1 saturated heterocycles. The number of carbonyl (C=O) groups excluding carboxylic acids is 2. The maximum Gasteiger partial charge on any atom is 0.312 e. The van der Waals surface area contributed by atoms with Crippen LogP contribution in [0.2, 0.25) is 0 Å². The van der Waals surface area contributed by atoms with Crippen LogP contribution in [0.4, 0.5) is 4.79 Å². The number of hydrogen-bond acceptors (Lipinski definition) is 3. The lowest BCUT2D eigenvalue weighted by molar-refractivity contribution is -0.132. The number of nitrogens with two attached hydrogens (primary N) is 1. The fourth-order valence-electron chi connectivity index (χ4n) is 3.68. The molecule has 0 bridgehead atoms. The average molecular weight is 395 g/mol. The number of primary amides is 1. The van der Waals surface area contributed by atoms with Crippen molar-refractivity contribution in [1.29, 1.82) is 0 Å². The fourth-order valence-corrected chi connectivity index (χ4v) is 3.68. The number of urea groups is 1. The molecular weight excluding hydrogens is 364 g/mol. The topological polar surface area (TPSA) is 87.5 Å². The smallest absolute Gasteiger partial charge is 0.312 e. The minimum absolute atomic E-state index is 0. The Hall–Kier alpha value is -1.79. The Kier molecular flexibility index (Phi) is 7.92. The first-order valence-electron chi connectivity index (χ1n) is 9.65. The Balaban J connectivity index is 0.00000261. The molecule has 0 spiro atoms. The number of rotatable bonds is 7. The van der Waals surface area contributed by atoms with Crippen LogP contribution in [0.3, 0.4) is 0 Å². The van der Waals surface area contributed by atoms with Crippen molar-refractivity contribution >= 4 is 24.3 Å². The zero-order valence-corrected chi connectivity index (χ0v) is 16.8. The molecule has 1 atom stereocenters. The molecule has 0 radical (unpaired) electrons.